The Balaban J connectivity index is 2.83. The maximum atomic E-state index is 5.40. The summed E-state index contributed by atoms with van der Waals surface area (Å²) in [5.74, 6) is 0. The lowest BCUT2D eigenvalue weighted by Gasteiger charge is -2.04. The Morgan fingerprint density at radius 3 is 2.43 bits per heavy atom. The first-order chi connectivity index (χ1) is 3.31. The number of rotatable bonds is 3. The van der Waals surface area contributed by atoms with Gasteiger partial charge in [-0.3, -0.25) is 0 Å². The Hall–Kier alpha value is -0.120. The molecule has 0 aliphatic heterocycles. The second-order valence-electron chi connectivity index (χ2n) is 1.55. The van der Waals surface area contributed by atoms with Crippen molar-refractivity contribution >= 4 is 0 Å². The molecule has 0 heterocycles. The van der Waals surface area contributed by atoms with Crippen molar-refractivity contribution < 1.29 is 0 Å². The molecule has 3 nitrogen and oxygen atoms in total. The van der Waals surface area contributed by atoms with E-state index in [-0.39, 0.29) is 6.04 Å². The van der Waals surface area contributed by atoms with E-state index in [1.54, 1.807) is 0 Å². The van der Waals surface area contributed by atoms with Crippen molar-refractivity contribution in [2.24, 2.45) is 11.5 Å². The summed E-state index contributed by atoms with van der Waals surface area (Å²) in [5.41, 5.74) is 10.6. The molecule has 0 radical (unpaired) electrons. The number of nitrogens with one attached hydrogen (secondary N) is 1. The van der Waals surface area contributed by atoms with Gasteiger partial charge < -0.3 is 16.8 Å². The minimum absolute atomic E-state index is 0.116. The molecule has 0 saturated heterocycles. The Morgan fingerprint density at radius 1 is 1.71 bits per heavy atom. The molecule has 0 aromatic carbocycles. The predicted octanol–water partition coefficient (Wildman–Crippen LogP) is -1.51. The van der Waals surface area contributed by atoms with E-state index in [2.05, 4.69) is 5.32 Å². The van der Waals surface area contributed by atoms with E-state index in [1.165, 1.54) is 0 Å². The molecule has 0 aromatic rings. The molecule has 0 bridgehead atoms. The van der Waals surface area contributed by atoms with E-state index in [0.29, 0.717) is 6.54 Å². The first-order valence-corrected chi connectivity index (χ1v) is 2.41. The summed E-state index contributed by atoms with van der Waals surface area (Å²) >= 11 is 0. The maximum absolute atomic E-state index is 5.40. The highest BCUT2D eigenvalue weighted by atomic mass is 14.9. The molecule has 0 aliphatic carbocycles. The quantitative estimate of drug-likeness (QED) is 0.407. The van der Waals surface area contributed by atoms with Crippen molar-refractivity contribution in [3.63, 3.8) is 0 Å². The van der Waals surface area contributed by atoms with Crippen molar-refractivity contribution in [2.75, 3.05) is 20.1 Å². The van der Waals surface area contributed by atoms with E-state index in [9.17, 15) is 0 Å². The molecule has 0 fully saturated rings. The van der Waals surface area contributed by atoms with Crippen LogP contribution < -0.4 is 16.8 Å². The van der Waals surface area contributed by atoms with E-state index in [0.717, 1.165) is 6.54 Å². The van der Waals surface area contributed by atoms with Crippen LogP contribution in [0.3, 0.4) is 0 Å². The van der Waals surface area contributed by atoms with Gasteiger partial charge in [-0.15, -0.1) is 0 Å². The molecule has 44 valence electrons. The lowest BCUT2D eigenvalue weighted by atomic mass is 10.3. The van der Waals surface area contributed by atoms with Crippen LogP contribution in [0.15, 0.2) is 0 Å². The highest BCUT2D eigenvalue weighted by Gasteiger charge is 1.92. The fraction of sp³-hybridized carbons (Fsp3) is 1.00. The fourth-order valence-corrected chi connectivity index (χ4v) is 0.346. The van der Waals surface area contributed by atoms with Crippen LogP contribution >= 0.6 is 0 Å². The van der Waals surface area contributed by atoms with Gasteiger partial charge in [-0.1, -0.05) is 0 Å². The van der Waals surface area contributed by atoms with Crippen LogP contribution in [0.25, 0.3) is 0 Å². The van der Waals surface area contributed by atoms with Crippen molar-refractivity contribution in [1.82, 2.24) is 5.32 Å². The van der Waals surface area contributed by atoms with Gasteiger partial charge in [0.1, 0.15) is 0 Å². The second-order valence-corrected chi connectivity index (χ2v) is 1.55. The van der Waals surface area contributed by atoms with E-state index < -0.39 is 0 Å². The van der Waals surface area contributed by atoms with Crippen LogP contribution in [0.2, 0.25) is 0 Å². The van der Waals surface area contributed by atoms with Crippen LogP contribution in [0.4, 0.5) is 0 Å². The van der Waals surface area contributed by atoms with Gasteiger partial charge in [0.15, 0.2) is 0 Å². The van der Waals surface area contributed by atoms with Gasteiger partial charge in [0.2, 0.25) is 0 Å². The normalized spacial score (nSPS) is 14.1. The molecule has 0 amide bonds. The molecule has 0 aromatic heterocycles. The number of nitrogens with two attached hydrogens (primary N) is 2. The lowest BCUT2D eigenvalue weighted by molar-refractivity contribution is 0.627. The summed E-state index contributed by atoms with van der Waals surface area (Å²) in [4.78, 5) is 0. The molecular weight excluding hydrogens is 90.1 g/mol. The Labute approximate surface area is 44.1 Å². The minimum atomic E-state index is 0.116. The van der Waals surface area contributed by atoms with Gasteiger partial charge >= 0.3 is 0 Å². The Morgan fingerprint density at radius 2 is 2.29 bits per heavy atom. The van der Waals surface area contributed by atoms with Gasteiger partial charge in [0.25, 0.3) is 0 Å². The van der Waals surface area contributed by atoms with Crippen LogP contribution in [-0.2, 0) is 0 Å². The van der Waals surface area contributed by atoms with Crippen molar-refractivity contribution in [2.45, 2.75) is 6.04 Å². The molecule has 5 N–H and O–H groups in total. The molecule has 3 heteroatoms. The summed E-state index contributed by atoms with van der Waals surface area (Å²) < 4.78 is 0. The molecule has 0 aliphatic rings. The zero-order valence-corrected chi connectivity index (χ0v) is 4.65. The average Bonchev–Trinajstić information content (AvgIpc) is 1.68. The molecule has 1 unspecified atom stereocenters. The molecular formula is C4H13N3. The Kier molecular flexibility index (Phi) is 3.98. The topological polar surface area (TPSA) is 64.1 Å². The van der Waals surface area contributed by atoms with E-state index in [1.807, 2.05) is 7.05 Å². The monoisotopic (exact) mass is 103 g/mol. The van der Waals surface area contributed by atoms with E-state index >= 15 is 0 Å². The zero-order chi connectivity index (χ0) is 5.70. The SMILES string of the molecule is CNCC(N)CN. The maximum Gasteiger partial charge on any atom is 0.0289 e. The molecule has 1 atom stereocenters. The van der Waals surface area contributed by atoms with Gasteiger partial charge in [-0.2, -0.15) is 0 Å². The predicted molar refractivity (Wildman–Crippen MR) is 31.0 cm³/mol. The molecule has 7 heavy (non-hydrogen) atoms. The molecule has 0 saturated carbocycles. The lowest BCUT2D eigenvalue weighted by Crippen LogP contribution is -2.38. The highest BCUT2D eigenvalue weighted by Crippen LogP contribution is 1.64. The number of likely N-dealkylation sites (N-methyl/N-ethyl adjacent to an activating group) is 1. The van der Waals surface area contributed by atoms with Crippen LogP contribution in [0, 0.1) is 0 Å². The Bertz CT molecular complexity index is 37.9. The third-order valence-corrected chi connectivity index (χ3v) is 0.769. The second kappa shape index (κ2) is 4.05. The van der Waals surface area contributed by atoms with Gasteiger partial charge in [0, 0.05) is 19.1 Å². The molecule has 0 spiro atoms. The highest BCUT2D eigenvalue weighted by molar-refractivity contribution is 4.61. The van der Waals surface area contributed by atoms with Crippen LogP contribution in [-0.4, -0.2) is 26.2 Å². The van der Waals surface area contributed by atoms with Gasteiger partial charge in [-0.05, 0) is 7.05 Å². The third kappa shape index (κ3) is 3.72. The average molecular weight is 103 g/mol. The minimum Gasteiger partial charge on any atom is -0.329 e. The van der Waals surface area contributed by atoms with Crippen molar-refractivity contribution in [3.8, 4) is 0 Å². The van der Waals surface area contributed by atoms with Crippen LogP contribution in [0.1, 0.15) is 0 Å². The molecule has 0 rings (SSSR count). The van der Waals surface area contributed by atoms with Gasteiger partial charge in [0.05, 0.1) is 0 Å². The van der Waals surface area contributed by atoms with E-state index in [4.69, 9.17) is 11.5 Å². The summed E-state index contributed by atoms with van der Waals surface area (Å²) in [7, 11) is 1.86. The number of hydrogen-bond acceptors (Lipinski definition) is 3. The number of hydrogen-bond donors (Lipinski definition) is 3. The van der Waals surface area contributed by atoms with Crippen LogP contribution in [0.5, 0.6) is 0 Å². The van der Waals surface area contributed by atoms with Crippen molar-refractivity contribution in [3.05, 3.63) is 0 Å². The zero-order valence-electron chi connectivity index (χ0n) is 4.65. The fourth-order valence-electron chi connectivity index (χ4n) is 0.346. The summed E-state index contributed by atoms with van der Waals surface area (Å²) in [6, 6.07) is 0.116. The smallest absolute Gasteiger partial charge is 0.0289 e. The third-order valence-electron chi connectivity index (χ3n) is 0.769. The first-order valence-electron chi connectivity index (χ1n) is 2.41. The summed E-state index contributed by atoms with van der Waals surface area (Å²) in [6.07, 6.45) is 0. The largest absolute Gasteiger partial charge is 0.329 e. The van der Waals surface area contributed by atoms with Crippen molar-refractivity contribution in [1.29, 1.82) is 0 Å². The van der Waals surface area contributed by atoms with Gasteiger partial charge in [-0.25, -0.2) is 0 Å². The summed E-state index contributed by atoms with van der Waals surface area (Å²) in [6.45, 7) is 1.36. The first kappa shape index (κ1) is 6.88. The summed E-state index contributed by atoms with van der Waals surface area (Å²) in [5, 5.41) is 2.91. The standard InChI is InChI=1S/C4H13N3/c1-7-3-4(6)2-5/h4,7H,2-3,5-6H2,1H3.